The van der Waals surface area contributed by atoms with Crippen LogP contribution in [0.4, 0.5) is 14.5 Å². The number of rotatable bonds is 4. The van der Waals surface area contributed by atoms with E-state index in [1.807, 2.05) is 0 Å². The van der Waals surface area contributed by atoms with Gasteiger partial charge in [0.1, 0.15) is 0 Å². The lowest BCUT2D eigenvalue weighted by molar-refractivity contribution is 0.504. The van der Waals surface area contributed by atoms with Gasteiger partial charge in [0.15, 0.2) is 17.5 Å². The summed E-state index contributed by atoms with van der Waals surface area (Å²) in [7, 11) is -2.42. The molecule has 3 aromatic rings. The third kappa shape index (κ3) is 3.08. The summed E-state index contributed by atoms with van der Waals surface area (Å²) >= 11 is 0. The Hall–Kier alpha value is -2.88. The molecule has 3 rings (SSSR count). The zero-order valence-corrected chi connectivity index (χ0v) is 13.1. The van der Waals surface area contributed by atoms with Crippen LogP contribution in [-0.2, 0) is 17.1 Å². The van der Waals surface area contributed by atoms with Gasteiger partial charge in [-0.25, -0.2) is 21.9 Å². The molecule has 0 radical (unpaired) electrons. The van der Waals surface area contributed by atoms with Gasteiger partial charge in [0.05, 0.1) is 4.90 Å². The van der Waals surface area contributed by atoms with Crippen LogP contribution in [0.5, 0.6) is 0 Å². The molecular weight excluding hydrogens is 340 g/mol. The number of benzene rings is 2. The minimum atomic E-state index is -4.06. The Kier molecular flexibility index (Phi) is 3.97. The van der Waals surface area contributed by atoms with Crippen molar-refractivity contribution in [1.29, 1.82) is 0 Å². The van der Waals surface area contributed by atoms with Crippen LogP contribution in [-0.4, -0.2) is 28.6 Å². The van der Waals surface area contributed by atoms with Gasteiger partial charge in [0.2, 0.25) is 0 Å². The second-order valence-electron chi connectivity index (χ2n) is 4.89. The van der Waals surface area contributed by atoms with Crippen LogP contribution in [0.15, 0.2) is 47.4 Å². The number of halogens is 2. The summed E-state index contributed by atoms with van der Waals surface area (Å²) in [6.07, 6.45) is 0. The molecule has 0 saturated heterocycles. The highest BCUT2D eigenvalue weighted by Crippen LogP contribution is 2.22. The molecule has 1 N–H and O–H groups in total. The average Bonchev–Trinajstić information content (AvgIpc) is 2.96. The van der Waals surface area contributed by atoms with E-state index in [9.17, 15) is 17.2 Å². The lowest BCUT2D eigenvalue weighted by Crippen LogP contribution is -2.13. The van der Waals surface area contributed by atoms with Crippen LogP contribution in [0, 0.1) is 11.6 Å². The Morgan fingerprint density at radius 2 is 1.88 bits per heavy atom. The second-order valence-corrected chi connectivity index (χ2v) is 6.57. The number of hydrogen-bond acceptors (Lipinski definition) is 5. The quantitative estimate of drug-likeness (QED) is 0.776. The predicted octanol–water partition coefficient (Wildman–Crippen LogP) is 1.96. The Morgan fingerprint density at radius 3 is 2.54 bits per heavy atom. The van der Waals surface area contributed by atoms with Gasteiger partial charge in [-0.1, -0.05) is 12.1 Å². The number of sulfonamides is 1. The maximum atomic E-state index is 13.3. The first kappa shape index (κ1) is 16.0. The Labute approximate surface area is 136 Å². The van der Waals surface area contributed by atoms with E-state index in [1.165, 1.54) is 16.8 Å². The van der Waals surface area contributed by atoms with E-state index in [-0.39, 0.29) is 10.6 Å². The minimum Gasteiger partial charge on any atom is -0.280 e. The summed E-state index contributed by atoms with van der Waals surface area (Å²) in [5.74, 6) is -1.91. The molecule has 0 aliphatic carbocycles. The summed E-state index contributed by atoms with van der Waals surface area (Å²) in [5, 5.41) is 11.1. The van der Waals surface area contributed by atoms with E-state index in [2.05, 4.69) is 20.2 Å². The summed E-state index contributed by atoms with van der Waals surface area (Å²) in [5.41, 5.74) is 0.827. The van der Waals surface area contributed by atoms with E-state index in [1.54, 1.807) is 19.2 Å². The molecular formula is C14H11F2N5O2S. The summed E-state index contributed by atoms with van der Waals surface area (Å²) in [6.45, 7) is 0. The molecule has 0 amide bonds. The Balaban J connectivity index is 1.93. The van der Waals surface area contributed by atoms with E-state index < -0.39 is 21.7 Å². The largest absolute Gasteiger partial charge is 0.280 e. The van der Waals surface area contributed by atoms with Crippen molar-refractivity contribution in [2.75, 3.05) is 4.72 Å². The van der Waals surface area contributed by atoms with Gasteiger partial charge in [-0.2, -0.15) is 0 Å². The summed E-state index contributed by atoms with van der Waals surface area (Å²) in [6, 6.07) is 8.73. The van der Waals surface area contributed by atoms with Gasteiger partial charge < -0.3 is 0 Å². The SMILES string of the molecule is Cn1nnnc1-c1cccc(NS(=O)(=O)c2ccc(F)c(F)c2)c1. The van der Waals surface area contributed by atoms with Gasteiger partial charge >= 0.3 is 0 Å². The van der Waals surface area contributed by atoms with Crippen LogP contribution in [0.1, 0.15) is 0 Å². The number of nitrogens with one attached hydrogen (secondary N) is 1. The van der Waals surface area contributed by atoms with Gasteiger partial charge in [-0.05, 0) is 40.8 Å². The topological polar surface area (TPSA) is 89.8 Å². The number of hydrogen-bond donors (Lipinski definition) is 1. The highest BCUT2D eigenvalue weighted by molar-refractivity contribution is 7.92. The van der Waals surface area contributed by atoms with Crippen molar-refractivity contribution >= 4 is 15.7 Å². The van der Waals surface area contributed by atoms with Crippen LogP contribution < -0.4 is 4.72 Å². The van der Waals surface area contributed by atoms with E-state index in [4.69, 9.17) is 0 Å². The molecule has 0 aliphatic rings. The normalized spacial score (nSPS) is 11.5. The highest BCUT2D eigenvalue weighted by atomic mass is 32.2. The highest BCUT2D eigenvalue weighted by Gasteiger charge is 2.17. The number of aromatic nitrogens is 4. The zero-order chi connectivity index (χ0) is 17.3. The monoisotopic (exact) mass is 351 g/mol. The van der Waals surface area contributed by atoms with Crippen molar-refractivity contribution in [2.24, 2.45) is 7.05 Å². The fourth-order valence-corrected chi connectivity index (χ4v) is 3.11. The maximum absolute atomic E-state index is 13.3. The fourth-order valence-electron chi connectivity index (χ4n) is 2.05. The molecule has 0 spiro atoms. The summed E-state index contributed by atoms with van der Waals surface area (Å²) in [4.78, 5) is -0.382. The molecule has 7 nitrogen and oxygen atoms in total. The maximum Gasteiger partial charge on any atom is 0.261 e. The molecule has 0 bridgehead atoms. The van der Waals surface area contributed by atoms with Crippen LogP contribution in [0.25, 0.3) is 11.4 Å². The third-order valence-electron chi connectivity index (χ3n) is 3.19. The zero-order valence-electron chi connectivity index (χ0n) is 12.3. The number of aryl methyl sites for hydroxylation is 1. The molecule has 1 heterocycles. The van der Waals surface area contributed by atoms with Crippen molar-refractivity contribution in [3.63, 3.8) is 0 Å². The molecule has 0 saturated carbocycles. The van der Waals surface area contributed by atoms with Crippen LogP contribution in [0.2, 0.25) is 0 Å². The van der Waals surface area contributed by atoms with Crippen molar-refractivity contribution in [1.82, 2.24) is 20.2 Å². The first-order chi connectivity index (χ1) is 11.4. The molecule has 0 fully saturated rings. The van der Waals surface area contributed by atoms with Crippen molar-refractivity contribution in [2.45, 2.75) is 4.90 Å². The van der Waals surface area contributed by atoms with Gasteiger partial charge in [-0.15, -0.1) is 5.10 Å². The summed E-state index contributed by atoms with van der Waals surface area (Å²) < 4.78 is 54.5. The molecule has 1 aromatic heterocycles. The third-order valence-corrected chi connectivity index (χ3v) is 4.57. The molecule has 0 aliphatic heterocycles. The molecule has 0 atom stereocenters. The molecule has 24 heavy (non-hydrogen) atoms. The van der Waals surface area contributed by atoms with Crippen molar-refractivity contribution < 1.29 is 17.2 Å². The van der Waals surface area contributed by atoms with Crippen molar-refractivity contribution in [3.8, 4) is 11.4 Å². The number of anilines is 1. The Bertz CT molecular complexity index is 1000. The number of tetrazole rings is 1. The molecule has 0 unspecified atom stereocenters. The standard InChI is InChI=1S/C14H11F2N5O2S/c1-21-14(17-19-20-21)9-3-2-4-10(7-9)18-24(22,23)11-5-6-12(15)13(16)8-11/h2-8,18H,1H3. The molecule has 124 valence electrons. The lowest BCUT2D eigenvalue weighted by Gasteiger charge is -2.09. The first-order valence-corrected chi connectivity index (χ1v) is 8.16. The molecule has 10 heteroatoms. The smallest absolute Gasteiger partial charge is 0.261 e. The van der Waals surface area contributed by atoms with Crippen molar-refractivity contribution in [3.05, 3.63) is 54.1 Å². The van der Waals surface area contributed by atoms with Gasteiger partial charge in [0, 0.05) is 18.3 Å². The fraction of sp³-hybridized carbons (Fsp3) is 0.0714. The van der Waals surface area contributed by atoms with Crippen LogP contribution in [0.3, 0.4) is 0 Å². The Morgan fingerprint density at radius 1 is 1.08 bits per heavy atom. The van der Waals surface area contributed by atoms with Gasteiger partial charge in [-0.3, -0.25) is 4.72 Å². The lowest BCUT2D eigenvalue weighted by atomic mass is 10.2. The molecule has 2 aromatic carbocycles. The van der Waals surface area contributed by atoms with E-state index in [0.29, 0.717) is 17.5 Å². The minimum absolute atomic E-state index is 0.236. The van der Waals surface area contributed by atoms with E-state index >= 15 is 0 Å². The van der Waals surface area contributed by atoms with E-state index in [0.717, 1.165) is 12.1 Å². The first-order valence-electron chi connectivity index (χ1n) is 6.67. The van der Waals surface area contributed by atoms with Crippen LogP contribution >= 0.6 is 0 Å². The predicted molar refractivity (Wildman–Crippen MR) is 81.4 cm³/mol. The van der Waals surface area contributed by atoms with Gasteiger partial charge in [0.25, 0.3) is 10.0 Å². The average molecular weight is 351 g/mol. The second kappa shape index (κ2) is 5.96. The number of nitrogens with zero attached hydrogens (tertiary/aromatic N) is 4.